The number of pyridine rings is 1. The molecule has 1 N–H and O–H groups in total. The minimum Gasteiger partial charge on any atom is -0.350 e. The Morgan fingerprint density at radius 2 is 1.87 bits per heavy atom. The summed E-state index contributed by atoms with van der Waals surface area (Å²) in [6.07, 6.45) is 5.78. The van der Waals surface area contributed by atoms with Gasteiger partial charge in [-0.05, 0) is 49.2 Å². The normalized spacial score (nSPS) is 11.0. The van der Waals surface area contributed by atoms with Gasteiger partial charge < -0.3 is 5.32 Å². The van der Waals surface area contributed by atoms with Crippen LogP contribution in [0.1, 0.15) is 29.1 Å². The molecule has 30 heavy (non-hydrogen) atoms. The van der Waals surface area contributed by atoms with E-state index in [-0.39, 0.29) is 23.5 Å². The number of nitrogens with zero attached hydrogens (tertiary/aromatic N) is 5. The highest BCUT2D eigenvalue weighted by molar-refractivity contribution is 5.76. The van der Waals surface area contributed by atoms with E-state index in [4.69, 9.17) is 0 Å². The van der Waals surface area contributed by atoms with Crippen LogP contribution in [0.15, 0.2) is 59.8 Å². The van der Waals surface area contributed by atoms with Crippen LogP contribution in [0.25, 0.3) is 11.3 Å². The van der Waals surface area contributed by atoms with Gasteiger partial charge in [0, 0.05) is 37.1 Å². The highest BCUT2D eigenvalue weighted by atomic mass is 16.1. The second-order valence-electron chi connectivity index (χ2n) is 7.23. The van der Waals surface area contributed by atoms with Crippen LogP contribution < -0.4 is 10.9 Å². The van der Waals surface area contributed by atoms with Crippen LogP contribution in [0.4, 0.5) is 0 Å². The molecule has 3 aromatic heterocycles. The van der Waals surface area contributed by atoms with E-state index in [0.29, 0.717) is 18.8 Å². The Morgan fingerprint density at radius 1 is 1.07 bits per heavy atom. The Hall–Kier alpha value is -3.81. The zero-order valence-corrected chi connectivity index (χ0v) is 16.9. The zero-order valence-electron chi connectivity index (χ0n) is 16.9. The summed E-state index contributed by atoms with van der Waals surface area (Å²) >= 11 is 0. The number of rotatable bonds is 6. The molecule has 8 heteroatoms. The lowest BCUT2D eigenvalue weighted by atomic mass is 10.1. The first-order chi connectivity index (χ1) is 14.5. The van der Waals surface area contributed by atoms with Gasteiger partial charge in [-0.25, -0.2) is 0 Å². The number of aryl methyl sites for hydroxylation is 3. The van der Waals surface area contributed by atoms with Crippen molar-refractivity contribution >= 4 is 11.6 Å². The third kappa shape index (κ3) is 4.12. The summed E-state index contributed by atoms with van der Waals surface area (Å²) in [5.74, 6) is 0.462. The van der Waals surface area contributed by atoms with Gasteiger partial charge in [-0.3, -0.25) is 23.5 Å². The van der Waals surface area contributed by atoms with E-state index in [1.807, 2.05) is 44.2 Å². The average Bonchev–Trinajstić information content (AvgIpc) is 3.15. The molecule has 0 fully saturated rings. The van der Waals surface area contributed by atoms with Crippen LogP contribution >= 0.6 is 0 Å². The number of fused-ring (bicyclic) bond motifs is 1. The molecule has 0 spiro atoms. The van der Waals surface area contributed by atoms with Crippen molar-refractivity contribution in [2.75, 3.05) is 0 Å². The van der Waals surface area contributed by atoms with Crippen LogP contribution in [0.3, 0.4) is 0 Å². The lowest BCUT2D eigenvalue weighted by molar-refractivity contribution is -0.121. The van der Waals surface area contributed by atoms with Crippen LogP contribution in [0.5, 0.6) is 0 Å². The molecule has 1 aromatic carbocycles. The molecule has 8 nitrogen and oxygen atoms in total. The topological polar surface area (TPSA) is 94.2 Å². The SMILES string of the molecule is Cc1cc(C)cc(-n2ccn3c(CCC(=O)NCc4ccccn4)nnc3c2=O)c1. The molecule has 0 unspecified atom stereocenters. The van der Waals surface area contributed by atoms with Crippen molar-refractivity contribution in [3.63, 3.8) is 0 Å². The predicted octanol–water partition coefficient (Wildman–Crippen LogP) is 2.14. The second-order valence-corrected chi connectivity index (χ2v) is 7.23. The summed E-state index contributed by atoms with van der Waals surface area (Å²) in [7, 11) is 0. The summed E-state index contributed by atoms with van der Waals surface area (Å²) in [5, 5.41) is 11.0. The fourth-order valence-electron chi connectivity index (χ4n) is 3.40. The number of carbonyl (C=O) groups excluding carboxylic acids is 1. The number of nitrogens with one attached hydrogen (secondary N) is 1. The largest absolute Gasteiger partial charge is 0.350 e. The molecule has 3 heterocycles. The van der Waals surface area contributed by atoms with E-state index in [9.17, 15) is 9.59 Å². The maximum absolute atomic E-state index is 12.9. The maximum Gasteiger partial charge on any atom is 0.300 e. The highest BCUT2D eigenvalue weighted by Crippen LogP contribution is 2.13. The van der Waals surface area contributed by atoms with E-state index in [1.165, 1.54) is 0 Å². The molecule has 0 aliphatic carbocycles. The zero-order chi connectivity index (χ0) is 21.1. The van der Waals surface area contributed by atoms with Crippen LogP contribution in [0, 0.1) is 13.8 Å². The van der Waals surface area contributed by atoms with Gasteiger partial charge in [-0.2, -0.15) is 0 Å². The lowest BCUT2D eigenvalue weighted by Crippen LogP contribution is -2.24. The van der Waals surface area contributed by atoms with Crippen LogP contribution in [-0.4, -0.2) is 30.1 Å². The maximum atomic E-state index is 12.9. The average molecular weight is 402 g/mol. The number of hydrogen-bond donors (Lipinski definition) is 1. The van der Waals surface area contributed by atoms with E-state index >= 15 is 0 Å². The van der Waals surface area contributed by atoms with Crippen molar-refractivity contribution in [2.45, 2.75) is 33.2 Å². The van der Waals surface area contributed by atoms with E-state index < -0.39 is 0 Å². The molecule has 4 aromatic rings. The Morgan fingerprint density at radius 3 is 2.60 bits per heavy atom. The van der Waals surface area contributed by atoms with Crippen molar-refractivity contribution in [1.29, 1.82) is 0 Å². The van der Waals surface area contributed by atoms with Gasteiger partial charge in [-0.15, -0.1) is 10.2 Å². The molecule has 0 radical (unpaired) electrons. The molecular formula is C22H22N6O2. The van der Waals surface area contributed by atoms with E-state index in [1.54, 1.807) is 27.6 Å². The minimum absolute atomic E-state index is 0.110. The molecule has 152 valence electrons. The van der Waals surface area contributed by atoms with Crippen molar-refractivity contribution in [3.8, 4) is 5.69 Å². The molecule has 0 saturated carbocycles. The van der Waals surface area contributed by atoms with Gasteiger partial charge in [0.05, 0.1) is 12.2 Å². The molecular weight excluding hydrogens is 380 g/mol. The number of benzene rings is 1. The minimum atomic E-state index is -0.249. The van der Waals surface area contributed by atoms with Gasteiger partial charge in [0.2, 0.25) is 11.6 Å². The van der Waals surface area contributed by atoms with E-state index in [2.05, 4.69) is 26.6 Å². The number of hydrogen-bond acceptors (Lipinski definition) is 5. The van der Waals surface area contributed by atoms with Crippen LogP contribution in [-0.2, 0) is 17.8 Å². The Kier molecular flexibility index (Phi) is 5.38. The summed E-state index contributed by atoms with van der Waals surface area (Å²) in [4.78, 5) is 29.2. The second kappa shape index (κ2) is 8.28. The first kappa shape index (κ1) is 19.5. The van der Waals surface area contributed by atoms with Crippen LogP contribution in [0.2, 0.25) is 0 Å². The Balaban J connectivity index is 1.49. The fourth-order valence-corrected chi connectivity index (χ4v) is 3.40. The lowest BCUT2D eigenvalue weighted by Gasteiger charge is -2.09. The van der Waals surface area contributed by atoms with Crippen molar-refractivity contribution in [2.24, 2.45) is 0 Å². The van der Waals surface area contributed by atoms with Crippen molar-refractivity contribution in [3.05, 3.63) is 88.0 Å². The number of aromatic nitrogens is 5. The molecule has 0 aliphatic heterocycles. The third-order valence-electron chi connectivity index (χ3n) is 4.79. The molecule has 1 amide bonds. The first-order valence-electron chi connectivity index (χ1n) is 9.72. The third-order valence-corrected chi connectivity index (χ3v) is 4.79. The molecule has 0 bridgehead atoms. The molecule has 0 saturated heterocycles. The predicted molar refractivity (Wildman–Crippen MR) is 112 cm³/mol. The van der Waals surface area contributed by atoms with Gasteiger partial charge >= 0.3 is 5.56 Å². The Labute approximate surface area is 173 Å². The number of carbonyl (C=O) groups is 1. The fraction of sp³-hybridized carbons (Fsp3) is 0.227. The summed E-state index contributed by atoms with van der Waals surface area (Å²) in [6.45, 7) is 4.36. The van der Waals surface area contributed by atoms with E-state index in [0.717, 1.165) is 22.5 Å². The highest BCUT2D eigenvalue weighted by Gasteiger charge is 2.13. The molecule has 0 atom stereocenters. The summed E-state index contributed by atoms with van der Waals surface area (Å²) in [5.41, 5.74) is 3.73. The molecule has 0 aliphatic rings. The van der Waals surface area contributed by atoms with Gasteiger partial charge in [0.15, 0.2) is 0 Å². The van der Waals surface area contributed by atoms with Gasteiger partial charge in [-0.1, -0.05) is 12.1 Å². The number of amides is 1. The summed E-state index contributed by atoms with van der Waals surface area (Å²) < 4.78 is 3.21. The quantitative estimate of drug-likeness (QED) is 0.533. The smallest absolute Gasteiger partial charge is 0.300 e. The first-order valence-corrected chi connectivity index (χ1v) is 9.72. The van der Waals surface area contributed by atoms with Gasteiger partial charge in [0.25, 0.3) is 0 Å². The Bertz CT molecular complexity index is 1240. The molecule has 4 rings (SSSR count). The van der Waals surface area contributed by atoms with Crippen molar-refractivity contribution in [1.82, 2.24) is 29.5 Å². The van der Waals surface area contributed by atoms with Gasteiger partial charge in [0.1, 0.15) is 5.82 Å². The van der Waals surface area contributed by atoms with Crippen molar-refractivity contribution < 1.29 is 4.79 Å². The standard InChI is InChI=1S/C22H22N6O2/c1-15-11-16(2)13-18(12-15)27-9-10-28-19(25-26-21(28)22(27)30)6-7-20(29)24-14-17-5-3-4-8-23-17/h3-5,8-13H,6-7,14H2,1-2H3,(H,24,29). The summed E-state index contributed by atoms with van der Waals surface area (Å²) in [6, 6.07) is 11.5. The monoisotopic (exact) mass is 402 g/mol.